The first-order valence-electron chi connectivity index (χ1n) is 6.00. The molecule has 0 unspecified atom stereocenters. The molecular weight excluding hydrogens is 250 g/mol. The van der Waals surface area contributed by atoms with Crippen molar-refractivity contribution >= 4 is 17.1 Å². The summed E-state index contributed by atoms with van der Waals surface area (Å²) in [5.41, 5.74) is 5.63. The fourth-order valence-electron chi connectivity index (χ4n) is 1.38. The fraction of sp³-hybridized carbons (Fsp3) is 0.545. The van der Waals surface area contributed by atoms with Crippen molar-refractivity contribution in [2.45, 2.75) is 27.1 Å². The maximum absolute atomic E-state index is 11.0. The van der Waals surface area contributed by atoms with Gasteiger partial charge < -0.3 is 20.2 Å². The third-order valence-corrected chi connectivity index (χ3v) is 2.11. The molecule has 0 saturated carbocycles. The normalized spacial score (nSPS) is 10.5. The van der Waals surface area contributed by atoms with Crippen LogP contribution in [0.3, 0.4) is 0 Å². The Hall–Kier alpha value is -1.93. The molecule has 2 heterocycles. The number of fused-ring (bicyclic) bond motifs is 1. The van der Waals surface area contributed by atoms with Gasteiger partial charge in [0.1, 0.15) is 0 Å². The number of nitrogens with zero attached hydrogens (tertiary/aromatic N) is 2. The van der Waals surface area contributed by atoms with Gasteiger partial charge in [-0.25, -0.2) is 4.98 Å². The van der Waals surface area contributed by atoms with Crippen LogP contribution >= 0.6 is 0 Å². The number of aromatic amines is 2. The first kappa shape index (κ1) is 15.1. The number of rotatable bonds is 4. The SMILES string of the molecule is CCOC(C)OCC.Nc1nc2[nH]cnc2c(=O)[nH]1. The van der Waals surface area contributed by atoms with Gasteiger partial charge in [0, 0.05) is 13.2 Å². The predicted molar refractivity (Wildman–Crippen MR) is 71.6 cm³/mol. The van der Waals surface area contributed by atoms with E-state index < -0.39 is 0 Å². The van der Waals surface area contributed by atoms with Gasteiger partial charge in [-0.2, -0.15) is 4.98 Å². The van der Waals surface area contributed by atoms with Crippen molar-refractivity contribution in [2.75, 3.05) is 18.9 Å². The van der Waals surface area contributed by atoms with Crippen LogP contribution in [0.4, 0.5) is 5.95 Å². The number of hydrogen-bond donors (Lipinski definition) is 3. The second kappa shape index (κ2) is 7.49. The van der Waals surface area contributed by atoms with E-state index in [4.69, 9.17) is 15.2 Å². The van der Waals surface area contributed by atoms with Gasteiger partial charge in [-0.15, -0.1) is 0 Å². The monoisotopic (exact) mass is 269 g/mol. The molecule has 0 aliphatic rings. The Morgan fingerprint density at radius 3 is 2.58 bits per heavy atom. The van der Waals surface area contributed by atoms with Gasteiger partial charge >= 0.3 is 0 Å². The number of nitrogens with one attached hydrogen (secondary N) is 2. The molecule has 0 bridgehead atoms. The highest BCUT2D eigenvalue weighted by molar-refractivity contribution is 5.69. The van der Waals surface area contributed by atoms with Crippen molar-refractivity contribution in [3.05, 3.63) is 16.7 Å². The van der Waals surface area contributed by atoms with Gasteiger partial charge in [0.25, 0.3) is 5.56 Å². The van der Waals surface area contributed by atoms with Crippen molar-refractivity contribution in [3.63, 3.8) is 0 Å². The summed E-state index contributed by atoms with van der Waals surface area (Å²) < 4.78 is 10.1. The molecule has 2 aromatic heterocycles. The summed E-state index contributed by atoms with van der Waals surface area (Å²) in [6, 6.07) is 0. The first-order valence-corrected chi connectivity index (χ1v) is 6.00. The van der Waals surface area contributed by atoms with Gasteiger partial charge in [-0.1, -0.05) is 0 Å². The van der Waals surface area contributed by atoms with Crippen molar-refractivity contribution < 1.29 is 9.47 Å². The van der Waals surface area contributed by atoms with E-state index in [0.717, 1.165) is 13.2 Å². The molecule has 0 radical (unpaired) electrons. The molecule has 2 rings (SSSR count). The zero-order chi connectivity index (χ0) is 14.3. The van der Waals surface area contributed by atoms with Crippen molar-refractivity contribution in [1.29, 1.82) is 0 Å². The number of H-pyrrole nitrogens is 2. The van der Waals surface area contributed by atoms with Crippen LogP contribution in [0, 0.1) is 0 Å². The molecule has 0 aromatic carbocycles. The molecule has 0 spiro atoms. The fourth-order valence-corrected chi connectivity index (χ4v) is 1.38. The Kier molecular flexibility index (Phi) is 5.97. The van der Waals surface area contributed by atoms with Crippen LogP contribution in [0.25, 0.3) is 11.2 Å². The zero-order valence-corrected chi connectivity index (χ0v) is 11.3. The molecule has 0 fully saturated rings. The maximum atomic E-state index is 11.0. The van der Waals surface area contributed by atoms with Gasteiger partial charge in [0.05, 0.1) is 6.33 Å². The van der Waals surface area contributed by atoms with E-state index >= 15 is 0 Å². The minimum atomic E-state index is -0.325. The highest BCUT2D eigenvalue weighted by Crippen LogP contribution is 1.98. The maximum Gasteiger partial charge on any atom is 0.280 e. The summed E-state index contributed by atoms with van der Waals surface area (Å²) in [6.45, 7) is 7.25. The summed E-state index contributed by atoms with van der Waals surface area (Å²) in [4.78, 5) is 23.6. The molecule has 106 valence electrons. The molecule has 19 heavy (non-hydrogen) atoms. The number of ether oxygens (including phenoxy) is 2. The zero-order valence-electron chi connectivity index (χ0n) is 11.3. The van der Waals surface area contributed by atoms with Crippen molar-refractivity contribution in [1.82, 2.24) is 19.9 Å². The predicted octanol–water partition coefficient (Wildman–Crippen LogP) is 0.634. The molecule has 2 aromatic rings. The molecule has 0 atom stereocenters. The second-order valence-corrected chi connectivity index (χ2v) is 3.53. The highest BCUT2D eigenvalue weighted by Gasteiger charge is 2.01. The van der Waals surface area contributed by atoms with Gasteiger partial charge in [0.2, 0.25) is 5.95 Å². The molecule has 0 aliphatic heterocycles. The summed E-state index contributed by atoms with van der Waals surface area (Å²) in [5.74, 6) is 0.0896. The smallest absolute Gasteiger partial charge is 0.280 e. The van der Waals surface area contributed by atoms with Gasteiger partial charge in [-0.05, 0) is 20.8 Å². The van der Waals surface area contributed by atoms with E-state index in [9.17, 15) is 4.79 Å². The summed E-state index contributed by atoms with van der Waals surface area (Å²) in [5, 5.41) is 0. The Labute approximate surface area is 110 Å². The first-order chi connectivity index (χ1) is 9.08. The number of nitrogen functional groups attached to an aromatic ring is 1. The lowest BCUT2D eigenvalue weighted by Gasteiger charge is -2.09. The van der Waals surface area contributed by atoms with E-state index in [1.807, 2.05) is 20.8 Å². The highest BCUT2D eigenvalue weighted by atomic mass is 16.7. The van der Waals surface area contributed by atoms with Crippen molar-refractivity contribution in [3.8, 4) is 0 Å². The van der Waals surface area contributed by atoms with Crippen LogP contribution in [-0.2, 0) is 9.47 Å². The lowest BCUT2D eigenvalue weighted by Crippen LogP contribution is -2.11. The van der Waals surface area contributed by atoms with E-state index in [1.165, 1.54) is 6.33 Å². The van der Waals surface area contributed by atoms with E-state index in [2.05, 4.69) is 19.9 Å². The Bertz CT molecular complexity index is 544. The van der Waals surface area contributed by atoms with Crippen LogP contribution in [0.5, 0.6) is 0 Å². The van der Waals surface area contributed by atoms with Crippen LogP contribution < -0.4 is 11.3 Å². The largest absolute Gasteiger partial charge is 0.369 e. The number of anilines is 1. The number of nitrogens with two attached hydrogens (primary N) is 1. The van der Waals surface area contributed by atoms with Crippen LogP contribution in [0.2, 0.25) is 0 Å². The summed E-state index contributed by atoms with van der Waals surface area (Å²) in [6.07, 6.45) is 1.36. The standard InChI is InChI=1S/C6H14O2.C5H5N5O/c1-4-7-6(3)8-5-2;6-5-9-3-2(4(11)10-5)7-1-8-3/h6H,4-5H2,1-3H3;1H,(H4,6,7,8,9,10,11). The molecule has 0 aliphatic carbocycles. The van der Waals surface area contributed by atoms with E-state index in [-0.39, 0.29) is 23.3 Å². The molecule has 4 N–H and O–H groups in total. The van der Waals surface area contributed by atoms with Gasteiger partial charge in [-0.3, -0.25) is 9.78 Å². The van der Waals surface area contributed by atoms with E-state index in [1.54, 1.807) is 0 Å². The average molecular weight is 269 g/mol. The minimum absolute atomic E-state index is 0.0370. The number of imidazole rings is 1. The molecule has 8 nitrogen and oxygen atoms in total. The van der Waals surface area contributed by atoms with E-state index in [0.29, 0.717) is 5.65 Å². The number of hydrogen-bond acceptors (Lipinski definition) is 6. The molecule has 0 amide bonds. The quantitative estimate of drug-likeness (QED) is 0.700. The molecular formula is C11H19N5O3. The summed E-state index contributed by atoms with van der Waals surface area (Å²) >= 11 is 0. The number of aromatic nitrogens is 4. The molecule has 8 heteroatoms. The minimum Gasteiger partial charge on any atom is -0.369 e. The Morgan fingerprint density at radius 1 is 1.37 bits per heavy atom. The van der Waals surface area contributed by atoms with Crippen molar-refractivity contribution in [2.24, 2.45) is 0 Å². The Balaban J connectivity index is 0.000000203. The Morgan fingerprint density at radius 2 is 2.00 bits per heavy atom. The molecule has 0 saturated heterocycles. The van der Waals surface area contributed by atoms with Gasteiger partial charge in [0.15, 0.2) is 17.5 Å². The third-order valence-electron chi connectivity index (χ3n) is 2.11. The van der Waals surface area contributed by atoms with Crippen LogP contribution in [0.15, 0.2) is 11.1 Å². The van der Waals surface area contributed by atoms with Crippen LogP contribution in [-0.4, -0.2) is 39.4 Å². The summed E-state index contributed by atoms with van der Waals surface area (Å²) in [7, 11) is 0. The van der Waals surface area contributed by atoms with Crippen LogP contribution in [0.1, 0.15) is 20.8 Å². The lowest BCUT2D eigenvalue weighted by atomic mass is 10.5. The average Bonchev–Trinajstić information content (AvgIpc) is 2.78. The lowest BCUT2D eigenvalue weighted by molar-refractivity contribution is -0.123. The topological polar surface area (TPSA) is 119 Å². The second-order valence-electron chi connectivity index (χ2n) is 3.53. The third kappa shape index (κ3) is 4.68.